The number of nitrogens with zero attached hydrogens (tertiary/aromatic N) is 1. The second-order valence-electron chi connectivity index (χ2n) is 2.48. The van der Waals surface area contributed by atoms with Crippen LogP contribution in [-0.2, 0) is 0 Å². The van der Waals surface area contributed by atoms with E-state index in [4.69, 9.17) is 11.6 Å². The molecule has 0 aromatic heterocycles. The highest BCUT2D eigenvalue weighted by Crippen LogP contribution is 2.17. The summed E-state index contributed by atoms with van der Waals surface area (Å²) in [7, 11) is 0. The van der Waals surface area contributed by atoms with Crippen LogP contribution in [0.15, 0.2) is 23.3 Å². The third kappa shape index (κ3) is 1.92. The van der Waals surface area contributed by atoms with Crippen LogP contribution in [0.5, 0.6) is 0 Å². The zero-order valence-corrected chi connectivity index (χ0v) is 6.84. The molecular formula is C8H6N2O4. The van der Waals surface area contributed by atoms with Crippen LogP contribution in [-0.4, -0.2) is 22.2 Å². The highest BCUT2D eigenvalue weighted by molar-refractivity contribution is 5.95. The van der Waals surface area contributed by atoms with Gasteiger partial charge in [-0.15, -0.1) is 0 Å². The minimum Gasteiger partial charge on any atom is -0.478 e. The van der Waals surface area contributed by atoms with E-state index in [1.807, 2.05) is 0 Å². The lowest BCUT2D eigenvalue weighted by Crippen LogP contribution is -2.01. The quantitative estimate of drug-likeness (QED) is 0.637. The standard InChI is InChI=1S/C8H6N2O4/c9-10-6-2-4(7(11)12)1-5(3-6)8(13)14/h1-3,9H,(H,11,12)(H,13,14)/i/hD. The number of carbonyl (C=O) groups is 2. The van der Waals surface area contributed by atoms with Crippen molar-refractivity contribution >= 4 is 17.6 Å². The van der Waals surface area contributed by atoms with Crippen LogP contribution in [0.2, 0.25) is 1.41 Å². The predicted molar refractivity (Wildman–Crippen MR) is 45.2 cm³/mol. The van der Waals surface area contributed by atoms with E-state index in [0.717, 1.165) is 18.2 Å². The summed E-state index contributed by atoms with van der Waals surface area (Å²) in [6.07, 6.45) is 0. The first-order valence-corrected chi connectivity index (χ1v) is 3.51. The molecule has 0 bridgehead atoms. The van der Waals surface area contributed by atoms with Gasteiger partial charge in [-0.1, -0.05) is 0 Å². The Balaban J connectivity index is 3.32. The molecule has 1 aromatic rings. The number of carboxylic acid groups (broad SMARTS) is 2. The van der Waals surface area contributed by atoms with E-state index in [1.54, 1.807) is 0 Å². The fourth-order valence-corrected chi connectivity index (χ4v) is 0.916. The van der Waals surface area contributed by atoms with Crippen molar-refractivity contribution in [3.8, 4) is 0 Å². The molecule has 72 valence electrons. The summed E-state index contributed by atoms with van der Waals surface area (Å²) in [4.78, 5) is 21.2. The number of benzene rings is 1. The monoisotopic (exact) mass is 195 g/mol. The molecule has 14 heavy (non-hydrogen) atoms. The average molecular weight is 195 g/mol. The van der Waals surface area contributed by atoms with Gasteiger partial charge in [-0.3, -0.25) is 0 Å². The number of carboxylic acids is 2. The van der Waals surface area contributed by atoms with Crippen molar-refractivity contribution in [2.75, 3.05) is 0 Å². The zero-order valence-electron chi connectivity index (χ0n) is 7.84. The van der Waals surface area contributed by atoms with E-state index >= 15 is 0 Å². The van der Waals surface area contributed by atoms with Gasteiger partial charge in [-0.25, -0.2) is 15.1 Å². The minimum absolute atomic E-state index is 0.0160. The molecule has 1 rings (SSSR count). The normalized spacial score (nSPS) is 11.3. The van der Waals surface area contributed by atoms with Crippen molar-refractivity contribution in [3.63, 3.8) is 0 Å². The van der Waals surface area contributed by atoms with Gasteiger partial charge in [0.05, 0.1) is 16.8 Å². The molecule has 0 spiro atoms. The Bertz CT molecular complexity index is 412. The smallest absolute Gasteiger partial charge is 0.335 e. The highest BCUT2D eigenvalue weighted by atomic mass is 16.4. The Morgan fingerprint density at radius 3 is 2.07 bits per heavy atom. The Kier molecular flexibility index (Phi) is 2.18. The van der Waals surface area contributed by atoms with Crippen molar-refractivity contribution in [1.29, 1.82) is 5.52 Å². The summed E-state index contributed by atoms with van der Waals surface area (Å²) in [5, 5.41) is 20.6. The van der Waals surface area contributed by atoms with Gasteiger partial charge < -0.3 is 10.2 Å². The maximum Gasteiger partial charge on any atom is 0.335 e. The van der Waals surface area contributed by atoms with Gasteiger partial charge >= 0.3 is 11.9 Å². The van der Waals surface area contributed by atoms with Gasteiger partial charge in [0.15, 0.2) is 0 Å². The molecule has 0 saturated heterocycles. The number of hydrogen-bond acceptors (Lipinski definition) is 4. The molecular weight excluding hydrogens is 188 g/mol. The summed E-state index contributed by atoms with van der Waals surface area (Å²) in [5.41, 5.74) is 2.29. The van der Waals surface area contributed by atoms with Crippen LogP contribution in [0.25, 0.3) is 0 Å². The number of nitrogens with one attached hydrogen (secondary N) is 1. The van der Waals surface area contributed by atoms with Gasteiger partial charge in [0.2, 0.25) is 1.41 Å². The molecule has 6 heteroatoms. The molecule has 0 atom stereocenters. The molecule has 0 fully saturated rings. The Labute approximate surface area is 79.8 Å². The number of hydrogen-bond donors (Lipinski definition) is 3. The first-order chi connectivity index (χ1) is 7.04. The number of rotatable bonds is 3. The lowest BCUT2D eigenvalue weighted by Gasteiger charge is -1.99. The SMILES string of the molecule is [2H]N=Nc1cc(C(=O)O)cc(C(=O)O)c1. The summed E-state index contributed by atoms with van der Waals surface area (Å²) in [5.74, 6) is -2.53. The Morgan fingerprint density at radius 1 is 1.21 bits per heavy atom. The van der Waals surface area contributed by atoms with Gasteiger partial charge in [0.1, 0.15) is 0 Å². The van der Waals surface area contributed by atoms with Crippen molar-refractivity contribution in [1.82, 2.24) is 0 Å². The van der Waals surface area contributed by atoms with Gasteiger partial charge in [-0.05, 0) is 18.2 Å². The van der Waals surface area contributed by atoms with Gasteiger partial charge in [0.25, 0.3) is 0 Å². The molecule has 0 aliphatic carbocycles. The minimum atomic E-state index is -1.26. The average Bonchev–Trinajstić information content (AvgIpc) is 2.17. The predicted octanol–water partition coefficient (Wildman–Crippen LogP) is 1.75. The van der Waals surface area contributed by atoms with E-state index in [9.17, 15) is 9.59 Å². The Hall–Kier alpha value is -2.24. The highest BCUT2D eigenvalue weighted by Gasteiger charge is 2.10. The maximum atomic E-state index is 10.6. The first-order valence-electron chi connectivity index (χ1n) is 3.96. The van der Waals surface area contributed by atoms with E-state index in [2.05, 4.69) is 10.6 Å². The summed E-state index contributed by atoms with van der Waals surface area (Å²) >= 11 is 0. The summed E-state index contributed by atoms with van der Waals surface area (Å²) in [6, 6.07) is 3.27. The van der Waals surface area contributed by atoms with Gasteiger partial charge in [0, 0.05) is 0 Å². The molecule has 0 saturated carbocycles. The lowest BCUT2D eigenvalue weighted by molar-refractivity contribution is 0.0696. The van der Waals surface area contributed by atoms with Gasteiger partial charge in [-0.2, -0.15) is 5.11 Å². The fraction of sp³-hybridized carbons (Fsp3) is 0. The molecule has 0 unspecified atom stereocenters. The van der Waals surface area contributed by atoms with Crippen molar-refractivity contribution < 1.29 is 21.2 Å². The lowest BCUT2D eigenvalue weighted by atomic mass is 10.1. The van der Waals surface area contributed by atoms with E-state index in [1.165, 1.54) is 0 Å². The third-order valence-corrected chi connectivity index (χ3v) is 1.53. The molecule has 3 N–H and O–H groups in total. The van der Waals surface area contributed by atoms with Crippen LogP contribution >= 0.6 is 0 Å². The fourth-order valence-electron chi connectivity index (χ4n) is 0.916. The molecule has 0 heterocycles. The Morgan fingerprint density at radius 2 is 1.71 bits per heavy atom. The number of aromatic carboxylic acids is 2. The van der Waals surface area contributed by atoms with Crippen molar-refractivity contribution in [2.24, 2.45) is 5.11 Å². The molecule has 6 nitrogen and oxygen atoms in total. The first kappa shape index (κ1) is 8.36. The molecule has 0 aliphatic heterocycles. The van der Waals surface area contributed by atoms with Crippen LogP contribution < -0.4 is 0 Å². The zero-order chi connectivity index (χ0) is 11.4. The van der Waals surface area contributed by atoms with Crippen LogP contribution in [0.4, 0.5) is 5.69 Å². The largest absolute Gasteiger partial charge is 0.478 e. The topological polar surface area (TPSA) is 111 Å². The third-order valence-electron chi connectivity index (χ3n) is 1.53. The van der Waals surface area contributed by atoms with E-state index in [0.29, 0.717) is 0 Å². The molecule has 0 amide bonds. The molecule has 0 aliphatic rings. The van der Waals surface area contributed by atoms with Crippen LogP contribution in [0.3, 0.4) is 0 Å². The van der Waals surface area contributed by atoms with Crippen molar-refractivity contribution in [2.45, 2.75) is 0 Å². The van der Waals surface area contributed by atoms with Crippen molar-refractivity contribution in [3.05, 3.63) is 29.3 Å². The van der Waals surface area contributed by atoms with Crippen LogP contribution in [0, 0.1) is 5.52 Å². The van der Waals surface area contributed by atoms with Crippen LogP contribution in [0.1, 0.15) is 20.7 Å². The second kappa shape index (κ2) is 3.65. The molecule has 1 aromatic carbocycles. The van der Waals surface area contributed by atoms with E-state index < -0.39 is 11.9 Å². The second-order valence-corrected chi connectivity index (χ2v) is 2.48. The summed E-state index contributed by atoms with van der Waals surface area (Å²) in [6.45, 7) is 0. The summed E-state index contributed by atoms with van der Waals surface area (Å²) < 4.78 is 6.46. The van der Waals surface area contributed by atoms with E-state index in [-0.39, 0.29) is 16.8 Å². The molecule has 0 radical (unpaired) electrons. The maximum absolute atomic E-state index is 10.6.